The number of benzene rings is 1. The van der Waals surface area contributed by atoms with Crippen LogP contribution in [0.4, 0.5) is 0 Å². The average Bonchev–Trinajstić information content (AvgIpc) is 3.35. The lowest BCUT2D eigenvalue weighted by molar-refractivity contribution is -0.134. The highest BCUT2D eigenvalue weighted by Crippen LogP contribution is 2.48. The van der Waals surface area contributed by atoms with Gasteiger partial charge >= 0.3 is 0 Å². The van der Waals surface area contributed by atoms with Gasteiger partial charge in [0.1, 0.15) is 0 Å². The van der Waals surface area contributed by atoms with Crippen LogP contribution in [-0.4, -0.2) is 37.5 Å². The quantitative estimate of drug-likeness (QED) is 0.904. The summed E-state index contributed by atoms with van der Waals surface area (Å²) in [6, 6.07) is 8.91. The summed E-state index contributed by atoms with van der Waals surface area (Å²) in [6.45, 7) is 7.35. The molecular weight excluding hydrogens is 284 g/mol. The van der Waals surface area contributed by atoms with Gasteiger partial charge < -0.3 is 10.2 Å². The molecule has 2 aliphatic rings. The Morgan fingerprint density at radius 3 is 2.70 bits per heavy atom. The van der Waals surface area contributed by atoms with Crippen molar-refractivity contribution in [2.24, 2.45) is 11.8 Å². The minimum atomic E-state index is 0.230. The second-order valence-corrected chi connectivity index (χ2v) is 7.62. The summed E-state index contributed by atoms with van der Waals surface area (Å²) in [5.41, 5.74) is 2.72. The van der Waals surface area contributed by atoms with Crippen molar-refractivity contribution in [1.82, 2.24) is 10.2 Å². The van der Waals surface area contributed by atoms with Crippen LogP contribution in [-0.2, 0) is 4.79 Å². The first-order valence-electron chi connectivity index (χ1n) is 9.13. The second-order valence-electron chi connectivity index (χ2n) is 7.62. The number of amides is 1. The van der Waals surface area contributed by atoms with Gasteiger partial charge in [-0.15, -0.1) is 0 Å². The van der Waals surface area contributed by atoms with E-state index in [1.165, 1.54) is 17.5 Å². The van der Waals surface area contributed by atoms with Crippen LogP contribution in [0.1, 0.15) is 56.1 Å². The first-order chi connectivity index (χ1) is 11.1. The molecule has 3 heteroatoms. The van der Waals surface area contributed by atoms with Crippen LogP contribution in [0.5, 0.6) is 0 Å². The number of nitrogens with zero attached hydrogens (tertiary/aromatic N) is 1. The summed E-state index contributed by atoms with van der Waals surface area (Å²) in [5.74, 6) is 2.27. The molecule has 1 N–H and O–H groups in total. The Morgan fingerprint density at radius 1 is 1.30 bits per heavy atom. The molecule has 1 aliphatic carbocycles. The van der Waals surface area contributed by atoms with Crippen LogP contribution >= 0.6 is 0 Å². The average molecular weight is 314 g/mol. The topological polar surface area (TPSA) is 32.3 Å². The van der Waals surface area contributed by atoms with Crippen molar-refractivity contribution < 1.29 is 4.79 Å². The lowest BCUT2D eigenvalue weighted by atomic mass is 9.97. The van der Waals surface area contributed by atoms with Crippen LogP contribution in [0.2, 0.25) is 0 Å². The Balaban J connectivity index is 1.58. The Labute approximate surface area is 140 Å². The summed E-state index contributed by atoms with van der Waals surface area (Å²) >= 11 is 0. The van der Waals surface area contributed by atoms with Gasteiger partial charge in [0, 0.05) is 19.0 Å². The van der Waals surface area contributed by atoms with Gasteiger partial charge in [-0.25, -0.2) is 0 Å². The molecule has 0 spiro atoms. The number of nitrogens with one attached hydrogen (secondary N) is 1. The Morgan fingerprint density at radius 2 is 2.04 bits per heavy atom. The molecule has 0 radical (unpaired) electrons. The molecule has 1 saturated carbocycles. The molecule has 23 heavy (non-hydrogen) atoms. The van der Waals surface area contributed by atoms with Gasteiger partial charge in [-0.2, -0.15) is 0 Å². The van der Waals surface area contributed by atoms with Crippen LogP contribution in [0.3, 0.4) is 0 Å². The number of piperidine rings is 1. The van der Waals surface area contributed by atoms with E-state index in [0.29, 0.717) is 23.7 Å². The summed E-state index contributed by atoms with van der Waals surface area (Å²) in [4.78, 5) is 14.9. The standard InChI is InChI=1S/C20H30N2O/c1-14(2)16-6-8-17(9-7-16)18-11-19(18)20(23)22-10-4-5-15(13-22)12-21-3/h6-9,14-15,18-19,21H,4-5,10-13H2,1-3H3. The van der Waals surface area contributed by atoms with E-state index < -0.39 is 0 Å². The van der Waals surface area contributed by atoms with Gasteiger partial charge in [0.25, 0.3) is 0 Å². The molecule has 3 unspecified atom stereocenters. The smallest absolute Gasteiger partial charge is 0.226 e. The molecule has 1 saturated heterocycles. The SMILES string of the molecule is CNCC1CCCN(C(=O)C2CC2c2ccc(C(C)C)cc2)C1. The Hall–Kier alpha value is -1.35. The largest absolute Gasteiger partial charge is 0.342 e. The maximum atomic E-state index is 12.8. The third-order valence-electron chi connectivity index (χ3n) is 5.46. The van der Waals surface area contributed by atoms with Crippen molar-refractivity contribution in [1.29, 1.82) is 0 Å². The molecule has 1 amide bonds. The fourth-order valence-electron chi connectivity index (χ4n) is 3.92. The maximum Gasteiger partial charge on any atom is 0.226 e. The van der Waals surface area contributed by atoms with E-state index in [1.54, 1.807) is 0 Å². The molecular formula is C20H30N2O. The molecule has 0 aromatic heterocycles. The molecule has 126 valence electrons. The molecule has 1 heterocycles. The zero-order valence-corrected chi connectivity index (χ0v) is 14.7. The van der Waals surface area contributed by atoms with Gasteiger partial charge in [0.2, 0.25) is 5.91 Å². The van der Waals surface area contributed by atoms with E-state index in [1.807, 2.05) is 7.05 Å². The van der Waals surface area contributed by atoms with E-state index in [2.05, 4.69) is 48.3 Å². The summed E-state index contributed by atoms with van der Waals surface area (Å²) in [6.07, 6.45) is 3.43. The fraction of sp³-hybridized carbons (Fsp3) is 0.650. The van der Waals surface area contributed by atoms with Crippen molar-refractivity contribution in [2.45, 2.75) is 44.9 Å². The summed E-state index contributed by atoms with van der Waals surface area (Å²) < 4.78 is 0. The monoisotopic (exact) mass is 314 g/mol. The minimum absolute atomic E-state index is 0.230. The van der Waals surface area contributed by atoms with Crippen molar-refractivity contribution in [3.8, 4) is 0 Å². The molecule has 2 fully saturated rings. The molecule has 3 rings (SSSR count). The van der Waals surface area contributed by atoms with E-state index in [4.69, 9.17) is 0 Å². The lowest BCUT2D eigenvalue weighted by Crippen LogP contribution is -2.43. The van der Waals surface area contributed by atoms with Gasteiger partial charge in [-0.3, -0.25) is 4.79 Å². The third kappa shape index (κ3) is 3.77. The maximum absolute atomic E-state index is 12.8. The Kier molecular flexibility index (Phi) is 5.05. The number of likely N-dealkylation sites (tertiary alicyclic amines) is 1. The van der Waals surface area contributed by atoms with Crippen LogP contribution in [0, 0.1) is 11.8 Å². The second kappa shape index (κ2) is 7.04. The lowest BCUT2D eigenvalue weighted by Gasteiger charge is -2.33. The number of hydrogen-bond donors (Lipinski definition) is 1. The molecule has 1 aromatic rings. The van der Waals surface area contributed by atoms with Crippen molar-refractivity contribution in [3.63, 3.8) is 0 Å². The number of rotatable bonds is 5. The van der Waals surface area contributed by atoms with E-state index >= 15 is 0 Å². The minimum Gasteiger partial charge on any atom is -0.342 e. The van der Waals surface area contributed by atoms with Crippen molar-refractivity contribution in [3.05, 3.63) is 35.4 Å². The zero-order valence-electron chi connectivity index (χ0n) is 14.7. The number of carbonyl (C=O) groups excluding carboxylic acids is 1. The summed E-state index contributed by atoms with van der Waals surface area (Å²) in [5, 5.41) is 3.25. The third-order valence-corrected chi connectivity index (χ3v) is 5.46. The predicted octanol–water partition coefficient (Wildman–Crippen LogP) is 3.37. The van der Waals surface area contributed by atoms with E-state index in [9.17, 15) is 4.79 Å². The van der Waals surface area contributed by atoms with Crippen molar-refractivity contribution >= 4 is 5.91 Å². The first-order valence-corrected chi connectivity index (χ1v) is 9.13. The van der Waals surface area contributed by atoms with Gasteiger partial charge in [0.15, 0.2) is 0 Å². The van der Waals surface area contributed by atoms with Crippen molar-refractivity contribution in [2.75, 3.05) is 26.7 Å². The predicted molar refractivity (Wildman–Crippen MR) is 94.6 cm³/mol. The normalized spacial score (nSPS) is 27.3. The van der Waals surface area contributed by atoms with E-state index in [-0.39, 0.29) is 5.92 Å². The fourth-order valence-corrected chi connectivity index (χ4v) is 3.92. The molecule has 3 atom stereocenters. The van der Waals surface area contributed by atoms with Gasteiger partial charge in [0.05, 0.1) is 0 Å². The molecule has 1 aromatic carbocycles. The highest BCUT2D eigenvalue weighted by atomic mass is 16.2. The highest BCUT2D eigenvalue weighted by Gasteiger charge is 2.46. The first kappa shape index (κ1) is 16.5. The van der Waals surface area contributed by atoms with Gasteiger partial charge in [-0.05, 0) is 61.7 Å². The summed E-state index contributed by atoms with van der Waals surface area (Å²) in [7, 11) is 2.00. The number of hydrogen-bond acceptors (Lipinski definition) is 2. The zero-order chi connectivity index (χ0) is 16.4. The van der Waals surface area contributed by atoms with Gasteiger partial charge in [-0.1, -0.05) is 38.1 Å². The Bertz CT molecular complexity index is 535. The molecule has 0 bridgehead atoms. The van der Waals surface area contributed by atoms with Crippen LogP contribution < -0.4 is 5.32 Å². The van der Waals surface area contributed by atoms with Crippen LogP contribution in [0.25, 0.3) is 0 Å². The van der Waals surface area contributed by atoms with E-state index in [0.717, 1.165) is 32.5 Å². The van der Waals surface area contributed by atoms with Crippen LogP contribution in [0.15, 0.2) is 24.3 Å². The number of carbonyl (C=O) groups is 1. The molecule has 1 aliphatic heterocycles. The highest BCUT2D eigenvalue weighted by molar-refractivity contribution is 5.83. The molecule has 3 nitrogen and oxygen atoms in total.